The first-order valence-corrected chi connectivity index (χ1v) is 10.7. The summed E-state index contributed by atoms with van der Waals surface area (Å²) in [5.74, 6) is 0.557. The number of hydrogen-bond donors (Lipinski definition) is 0. The lowest BCUT2D eigenvalue weighted by Crippen LogP contribution is -2.37. The van der Waals surface area contributed by atoms with Crippen LogP contribution in [0.4, 0.5) is 0 Å². The molecule has 0 bridgehead atoms. The zero-order chi connectivity index (χ0) is 18.7. The molecule has 0 spiro atoms. The van der Waals surface area contributed by atoms with Crippen molar-refractivity contribution in [1.82, 2.24) is 18.4 Å². The molecule has 4 rings (SSSR count). The molecule has 3 aromatic rings. The van der Waals surface area contributed by atoms with Gasteiger partial charge >= 0.3 is 0 Å². The lowest BCUT2D eigenvalue weighted by atomic mass is 9.98. The van der Waals surface area contributed by atoms with Crippen LogP contribution in [0.3, 0.4) is 0 Å². The van der Waals surface area contributed by atoms with Crippen LogP contribution in [0.5, 0.6) is 0 Å². The van der Waals surface area contributed by atoms with Crippen LogP contribution in [0.2, 0.25) is 0 Å². The fourth-order valence-electron chi connectivity index (χ4n) is 3.83. The molecule has 6 nitrogen and oxygen atoms in total. The largest absolute Gasteiger partial charge is 0.337 e. The smallest absolute Gasteiger partial charge is 0.267 e. The molecule has 3 heterocycles. The van der Waals surface area contributed by atoms with Gasteiger partial charge in [-0.3, -0.25) is 4.90 Å². The summed E-state index contributed by atoms with van der Waals surface area (Å²) < 4.78 is 29.5. The lowest BCUT2D eigenvalue weighted by molar-refractivity contribution is 0.154. The van der Waals surface area contributed by atoms with E-state index in [4.69, 9.17) is 0 Å². The summed E-state index contributed by atoms with van der Waals surface area (Å²) in [5.41, 5.74) is 0.808. The molecule has 0 radical (unpaired) electrons. The Kier molecular flexibility index (Phi) is 5.13. The molecule has 0 unspecified atom stereocenters. The highest BCUT2D eigenvalue weighted by atomic mass is 32.2. The Labute approximate surface area is 160 Å². The number of hydrogen-bond acceptors (Lipinski definition) is 4. The minimum Gasteiger partial charge on any atom is -0.337 e. The number of benzene rings is 1. The molecule has 0 amide bonds. The fraction of sp³-hybridized carbons (Fsp3) is 0.350. The molecule has 0 saturated carbocycles. The summed E-state index contributed by atoms with van der Waals surface area (Å²) >= 11 is 0. The van der Waals surface area contributed by atoms with Gasteiger partial charge in [-0.1, -0.05) is 18.2 Å². The van der Waals surface area contributed by atoms with Crippen molar-refractivity contribution in [2.24, 2.45) is 5.92 Å². The van der Waals surface area contributed by atoms with Crippen LogP contribution in [0, 0.1) is 5.92 Å². The van der Waals surface area contributed by atoms with Gasteiger partial charge < -0.3 is 4.57 Å². The highest BCUT2D eigenvalue weighted by Crippen LogP contribution is 2.22. The zero-order valence-corrected chi connectivity index (χ0v) is 16.0. The van der Waals surface area contributed by atoms with Gasteiger partial charge in [0.25, 0.3) is 10.0 Å². The first-order chi connectivity index (χ1) is 13.1. The van der Waals surface area contributed by atoms with Crippen LogP contribution >= 0.6 is 0 Å². The summed E-state index contributed by atoms with van der Waals surface area (Å²) in [6.07, 6.45) is 9.63. The molecule has 0 aliphatic carbocycles. The summed E-state index contributed by atoms with van der Waals surface area (Å²) in [6.45, 7) is 3.56. The standard InChI is InChI=1S/C20H24N4O2S/c25-27(26,20-8-2-1-3-9-20)24-12-5-7-19(24)16-22-11-4-6-18(14-22)15-23-13-10-21-17-23/h1-3,5,7-10,12-13,17-18H,4,6,11,14-16H2/t18-/m0/s1. The minimum atomic E-state index is -3.55. The van der Waals surface area contributed by atoms with E-state index >= 15 is 0 Å². The summed E-state index contributed by atoms with van der Waals surface area (Å²) in [7, 11) is -3.55. The van der Waals surface area contributed by atoms with E-state index in [1.54, 1.807) is 30.5 Å². The molecule has 1 aliphatic rings. The summed E-state index contributed by atoms with van der Waals surface area (Å²) in [4.78, 5) is 6.79. The SMILES string of the molecule is O=S(=O)(c1ccccc1)n1cccc1CN1CCC[C@H](Cn2ccnc2)C1. The molecular formula is C20H24N4O2S. The summed E-state index contributed by atoms with van der Waals surface area (Å²) in [6, 6.07) is 12.3. The predicted octanol–water partition coefficient (Wildman–Crippen LogP) is 2.83. The van der Waals surface area contributed by atoms with E-state index in [9.17, 15) is 8.42 Å². The Morgan fingerprint density at radius 3 is 2.70 bits per heavy atom. The van der Waals surface area contributed by atoms with Crippen molar-refractivity contribution >= 4 is 10.0 Å². The number of nitrogens with zero attached hydrogens (tertiary/aromatic N) is 4. The van der Waals surface area contributed by atoms with E-state index in [-0.39, 0.29) is 0 Å². The van der Waals surface area contributed by atoms with Gasteiger partial charge in [0.05, 0.1) is 11.2 Å². The lowest BCUT2D eigenvalue weighted by Gasteiger charge is -2.33. The normalized spacial score (nSPS) is 18.6. The number of rotatable bonds is 6. The highest BCUT2D eigenvalue weighted by molar-refractivity contribution is 7.90. The van der Waals surface area contributed by atoms with Crippen LogP contribution in [0.25, 0.3) is 0 Å². The van der Waals surface area contributed by atoms with Crippen molar-refractivity contribution in [3.05, 3.63) is 73.1 Å². The molecule has 1 aliphatic heterocycles. The second-order valence-electron chi connectivity index (χ2n) is 7.12. The molecule has 1 fully saturated rings. The van der Waals surface area contributed by atoms with Gasteiger partial charge in [-0.15, -0.1) is 0 Å². The maximum absolute atomic E-state index is 13.0. The number of piperidine rings is 1. The first kappa shape index (κ1) is 18.0. The molecule has 1 atom stereocenters. The number of imidazole rings is 1. The van der Waals surface area contributed by atoms with Crippen molar-refractivity contribution in [2.45, 2.75) is 30.8 Å². The van der Waals surface area contributed by atoms with Crippen LogP contribution < -0.4 is 0 Å². The van der Waals surface area contributed by atoms with E-state index < -0.39 is 10.0 Å². The number of likely N-dealkylation sites (tertiary alicyclic amines) is 1. The number of aromatic nitrogens is 3. The van der Waals surface area contributed by atoms with Crippen LogP contribution in [0.15, 0.2) is 72.3 Å². The fourth-order valence-corrected chi connectivity index (χ4v) is 5.22. The molecule has 27 heavy (non-hydrogen) atoms. The molecule has 1 aromatic carbocycles. The Bertz CT molecular complexity index is 965. The van der Waals surface area contributed by atoms with E-state index in [1.807, 2.05) is 36.9 Å². The van der Waals surface area contributed by atoms with Gasteiger partial charge in [0.1, 0.15) is 0 Å². The third-order valence-electron chi connectivity index (χ3n) is 5.11. The first-order valence-electron chi connectivity index (χ1n) is 9.28. The van der Waals surface area contributed by atoms with Crippen LogP contribution in [-0.2, 0) is 23.1 Å². The van der Waals surface area contributed by atoms with Crippen LogP contribution in [-0.4, -0.2) is 39.9 Å². The monoisotopic (exact) mass is 384 g/mol. The van der Waals surface area contributed by atoms with Crippen molar-refractivity contribution in [1.29, 1.82) is 0 Å². The van der Waals surface area contributed by atoms with Crippen LogP contribution in [0.1, 0.15) is 18.5 Å². The van der Waals surface area contributed by atoms with Crippen molar-refractivity contribution < 1.29 is 8.42 Å². The van der Waals surface area contributed by atoms with E-state index in [0.717, 1.165) is 31.7 Å². The van der Waals surface area contributed by atoms with E-state index in [1.165, 1.54) is 10.4 Å². The van der Waals surface area contributed by atoms with Crippen molar-refractivity contribution in [3.8, 4) is 0 Å². The molecule has 7 heteroatoms. The Balaban J connectivity index is 1.48. The van der Waals surface area contributed by atoms with Crippen molar-refractivity contribution in [2.75, 3.05) is 13.1 Å². The van der Waals surface area contributed by atoms with E-state index in [0.29, 0.717) is 17.4 Å². The summed E-state index contributed by atoms with van der Waals surface area (Å²) in [5, 5.41) is 0. The quantitative estimate of drug-likeness (QED) is 0.656. The van der Waals surface area contributed by atoms with Gasteiger partial charge in [0.2, 0.25) is 0 Å². The Hall–Kier alpha value is -2.38. The minimum absolute atomic E-state index is 0.319. The Morgan fingerprint density at radius 2 is 1.93 bits per heavy atom. The second-order valence-corrected chi connectivity index (χ2v) is 8.93. The zero-order valence-electron chi connectivity index (χ0n) is 15.2. The molecular weight excluding hydrogens is 360 g/mol. The average molecular weight is 385 g/mol. The maximum Gasteiger partial charge on any atom is 0.267 e. The molecule has 142 valence electrons. The highest BCUT2D eigenvalue weighted by Gasteiger charge is 2.24. The van der Waals surface area contributed by atoms with Gasteiger partial charge in [0.15, 0.2) is 0 Å². The van der Waals surface area contributed by atoms with E-state index in [2.05, 4.69) is 14.5 Å². The van der Waals surface area contributed by atoms with Gasteiger partial charge in [0, 0.05) is 43.9 Å². The van der Waals surface area contributed by atoms with Crippen molar-refractivity contribution in [3.63, 3.8) is 0 Å². The third-order valence-corrected chi connectivity index (χ3v) is 6.85. The molecule has 2 aromatic heterocycles. The average Bonchev–Trinajstić information content (AvgIpc) is 3.35. The third kappa shape index (κ3) is 3.99. The Morgan fingerprint density at radius 1 is 1.07 bits per heavy atom. The molecule has 0 N–H and O–H groups in total. The van der Waals surface area contributed by atoms with Gasteiger partial charge in [-0.2, -0.15) is 0 Å². The topological polar surface area (TPSA) is 60.1 Å². The molecule has 1 saturated heterocycles. The second kappa shape index (κ2) is 7.70. The maximum atomic E-state index is 13.0. The van der Waals surface area contributed by atoms with Gasteiger partial charge in [-0.05, 0) is 49.6 Å². The predicted molar refractivity (Wildman–Crippen MR) is 104 cm³/mol. The van der Waals surface area contributed by atoms with Gasteiger partial charge in [-0.25, -0.2) is 17.4 Å².